The van der Waals surface area contributed by atoms with Gasteiger partial charge in [-0.15, -0.1) is 11.3 Å². The van der Waals surface area contributed by atoms with Crippen molar-refractivity contribution < 1.29 is 9.15 Å². The summed E-state index contributed by atoms with van der Waals surface area (Å²) in [5.74, 6) is 1.44. The summed E-state index contributed by atoms with van der Waals surface area (Å²) in [5.41, 5.74) is 0.822. The second kappa shape index (κ2) is 8.12. The molecule has 0 amide bonds. The van der Waals surface area contributed by atoms with Crippen LogP contribution in [-0.4, -0.2) is 36.7 Å². The van der Waals surface area contributed by atoms with Crippen LogP contribution in [0.25, 0.3) is 10.8 Å². The van der Waals surface area contributed by atoms with Crippen molar-refractivity contribution in [2.45, 2.75) is 32.4 Å². The molecule has 0 bridgehead atoms. The fourth-order valence-electron chi connectivity index (χ4n) is 2.41. The van der Waals surface area contributed by atoms with Gasteiger partial charge in [-0.3, -0.25) is 0 Å². The van der Waals surface area contributed by atoms with Gasteiger partial charge in [0.2, 0.25) is 5.89 Å². The maximum Gasteiger partial charge on any atom is 0.236 e. The summed E-state index contributed by atoms with van der Waals surface area (Å²) in [6.45, 7) is 5.00. The van der Waals surface area contributed by atoms with E-state index in [1.165, 1.54) is 0 Å². The summed E-state index contributed by atoms with van der Waals surface area (Å²) in [6, 6.07) is 3.98. The van der Waals surface area contributed by atoms with Crippen molar-refractivity contribution in [1.82, 2.24) is 15.6 Å². The lowest BCUT2D eigenvalue weighted by Gasteiger charge is -2.14. The molecular weight excluding hydrogens is 312 g/mol. The second-order valence-corrected chi connectivity index (χ2v) is 6.28. The first-order chi connectivity index (χ1) is 11.3. The van der Waals surface area contributed by atoms with E-state index in [9.17, 15) is 0 Å². The summed E-state index contributed by atoms with van der Waals surface area (Å²) >= 11 is 1.61. The Labute approximate surface area is 140 Å². The monoisotopic (exact) mass is 334 g/mol. The van der Waals surface area contributed by atoms with E-state index in [2.05, 4.69) is 20.6 Å². The first-order valence-corrected chi connectivity index (χ1v) is 8.85. The van der Waals surface area contributed by atoms with Crippen molar-refractivity contribution >= 4 is 17.3 Å². The van der Waals surface area contributed by atoms with Crippen LogP contribution in [0.15, 0.2) is 33.2 Å². The number of aromatic nitrogens is 1. The second-order valence-electron chi connectivity index (χ2n) is 5.33. The molecule has 3 rings (SSSR count). The van der Waals surface area contributed by atoms with E-state index in [4.69, 9.17) is 9.15 Å². The van der Waals surface area contributed by atoms with Crippen molar-refractivity contribution in [2.24, 2.45) is 4.99 Å². The molecule has 7 heteroatoms. The van der Waals surface area contributed by atoms with E-state index >= 15 is 0 Å². The number of nitrogens with zero attached hydrogens (tertiary/aromatic N) is 2. The molecule has 1 saturated heterocycles. The van der Waals surface area contributed by atoms with Crippen molar-refractivity contribution in [3.8, 4) is 10.8 Å². The number of aliphatic imine (C=N–C) groups is 1. The molecule has 0 aromatic carbocycles. The Morgan fingerprint density at radius 3 is 3.17 bits per heavy atom. The predicted molar refractivity (Wildman–Crippen MR) is 91.6 cm³/mol. The first kappa shape index (κ1) is 16.0. The Kier molecular flexibility index (Phi) is 5.65. The van der Waals surface area contributed by atoms with Crippen LogP contribution in [0.2, 0.25) is 0 Å². The van der Waals surface area contributed by atoms with Crippen molar-refractivity contribution in [1.29, 1.82) is 0 Å². The Morgan fingerprint density at radius 1 is 1.48 bits per heavy atom. The summed E-state index contributed by atoms with van der Waals surface area (Å²) in [6.07, 6.45) is 4.21. The molecular formula is C16H22N4O2S. The molecule has 6 nitrogen and oxygen atoms in total. The zero-order valence-corrected chi connectivity index (χ0v) is 14.1. The number of thiophene rings is 1. The third-order valence-corrected chi connectivity index (χ3v) is 4.41. The third kappa shape index (κ3) is 4.56. The smallest absolute Gasteiger partial charge is 0.236 e. The SMILES string of the molecule is CCNC(=NCc1coc(-c2cccs2)n1)NCC1CCCO1. The molecule has 124 valence electrons. The molecule has 3 heterocycles. The molecule has 2 N–H and O–H groups in total. The zero-order valence-electron chi connectivity index (χ0n) is 13.2. The highest BCUT2D eigenvalue weighted by molar-refractivity contribution is 7.13. The van der Waals surface area contributed by atoms with E-state index in [1.54, 1.807) is 17.6 Å². The molecule has 1 aliphatic rings. The fraction of sp³-hybridized carbons (Fsp3) is 0.500. The van der Waals surface area contributed by atoms with Crippen LogP contribution in [0, 0.1) is 0 Å². The third-order valence-electron chi connectivity index (χ3n) is 3.55. The average Bonchev–Trinajstić information content (AvgIpc) is 3.32. The highest BCUT2D eigenvalue weighted by Crippen LogP contribution is 2.23. The van der Waals surface area contributed by atoms with E-state index in [0.717, 1.165) is 49.1 Å². The highest BCUT2D eigenvalue weighted by Gasteiger charge is 2.15. The quantitative estimate of drug-likeness (QED) is 0.628. The Bertz CT molecular complexity index is 618. The fourth-order valence-corrected chi connectivity index (χ4v) is 3.07. The largest absolute Gasteiger partial charge is 0.443 e. The lowest BCUT2D eigenvalue weighted by molar-refractivity contribution is 0.114. The normalized spacial score (nSPS) is 18.3. The zero-order chi connectivity index (χ0) is 15.9. The Morgan fingerprint density at radius 2 is 2.43 bits per heavy atom. The molecule has 1 fully saturated rings. The number of hydrogen-bond donors (Lipinski definition) is 2. The summed E-state index contributed by atoms with van der Waals surface area (Å²) in [7, 11) is 0. The molecule has 2 aromatic heterocycles. The number of hydrogen-bond acceptors (Lipinski definition) is 5. The van der Waals surface area contributed by atoms with Crippen LogP contribution >= 0.6 is 11.3 Å². The lowest BCUT2D eigenvalue weighted by Crippen LogP contribution is -2.41. The molecule has 0 radical (unpaired) electrons. The van der Waals surface area contributed by atoms with Crippen LogP contribution in [0.1, 0.15) is 25.5 Å². The molecule has 1 unspecified atom stereocenters. The van der Waals surface area contributed by atoms with Crippen molar-refractivity contribution in [3.05, 3.63) is 29.5 Å². The van der Waals surface area contributed by atoms with E-state index in [1.807, 2.05) is 24.4 Å². The van der Waals surface area contributed by atoms with Gasteiger partial charge < -0.3 is 19.8 Å². The minimum absolute atomic E-state index is 0.288. The summed E-state index contributed by atoms with van der Waals surface area (Å²) in [5, 5.41) is 8.57. The van der Waals surface area contributed by atoms with Gasteiger partial charge in [0.15, 0.2) is 5.96 Å². The van der Waals surface area contributed by atoms with E-state index in [0.29, 0.717) is 12.4 Å². The van der Waals surface area contributed by atoms with Gasteiger partial charge in [0.25, 0.3) is 0 Å². The van der Waals surface area contributed by atoms with Crippen molar-refractivity contribution in [3.63, 3.8) is 0 Å². The number of ether oxygens (including phenoxy) is 1. The van der Waals surface area contributed by atoms with Gasteiger partial charge in [-0.1, -0.05) is 6.07 Å². The van der Waals surface area contributed by atoms with E-state index in [-0.39, 0.29) is 6.10 Å². The molecule has 23 heavy (non-hydrogen) atoms. The van der Waals surface area contributed by atoms with Gasteiger partial charge in [0.1, 0.15) is 12.0 Å². The minimum Gasteiger partial charge on any atom is -0.443 e. The van der Waals surface area contributed by atoms with Gasteiger partial charge in [0.05, 0.1) is 17.5 Å². The molecule has 1 atom stereocenters. The number of rotatable bonds is 6. The maximum atomic E-state index is 5.62. The molecule has 2 aromatic rings. The summed E-state index contributed by atoms with van der Waals surface area (Å²) in [4.78, 5) is 10.1. The van der Waals surface area contributed by atoms with Gasteiger partial charge in [-0.25, -0.2) is 9.98 Å². The van der Waals surface area contributed by atoms with Crippen LogP contribution in [0.3, 0.4) is 0 Å². The van der Waals surface area contributed by atoms with Crippen LogP contribution in [0.4, 0.5) is 0 Å². The lowest BCUT2D eigenvalue weighted by atomic mass is 10.2. The molecule has 0 aliphatic carbocycles. The molecule has 0 spiro atoms. The number of guanidine groups is 1. The van der Waals surface area contributed by atoms with Crippen LogP contribution in [-0.2, 0) is 11.3 Å². The molecule has 0 saturated carbocycles. The van der Waals surface area contributed by atoms with Gasteiger partial charge in [0, 0.05) is 19.7 Å². The van der Waals surface area contributed by atoms with Gasteiger partial charge in [-0.2, -0.15) is 0 Å². The summed E-state index contributed by atoms with van der Waals surface area (Å²) < 4.78 is 11.1. The minimum atomic E-state index is 0.288. The van der Waals surface area contributed by atoms with Crippen LogP contribution in [0.5, 0.6) is 0 Å². The number of oxazole rings is 1. The maximum absolute atomic E-state index is 5.62. The topological polar surface area (TPSA) is 71.7 Å². The predicted octanol–water partition coefficient (Wildman–Crippen LogP) is 2.64. The molecule has 1 aliphatic heterocycles. The van der Waals surface area contributed by atoms with Gasteiger partial charge in [-0.05, 0) is 31.2 Å². The Hall–Kier alpha value is -1.86. The van der Waals surface area contributed by atoms with E-state index < -0.39 is 0 Å². The standard InChI is InChI=1S/C16H22N4O2S/c1-2-17-16(19-10-13-5-3-7-21-13)18-9-12-11-22-15(20-12)14-6-4-8-23-14/h4,6,8,11,13H,2-3,5,7,9-10H2,1H3,(H2,17,18,19). The highest BCUT2D eigenvalue weighted by atomic mass is 32.1. The Balaban J connectivity index is 1.56. The first-order valence-electron chi connectivity index (χ1n) is 7.97. The van der Waals surface area contributed by atoms with Crippen molar-refractivity contribution in [2.75, 3.05) is 19.7 Å². The average molecular weight is 334 g/mol. The number of nitrogens with one attached hydrogen (secondary N) is 2. The van der Waals surface area contributed by atoms with Gasteiger partial charge >= 0.3 is 0 Å². The van der Waals surface area contributed by atoms with Crippen LogP contribution < -0.4 is 10.6 Å².